The van der Waals surface area contributed by atoms with Crippen LogP contribution in [-0.2, 0) is 114 Å². The van der Waals surface area contributed by atoms with Crippen molar-refractivity contribution in [3.8, 4) is 11.5 Å². The molecular formula is C60H104O21. The molecule has 0 radical (unpaired) electrons. The molecule has 0 fully saturated rings. The molecule has 0 aromatic heterocycles. The van der Waals surface area contributed by atoms with Gasteiger partial charge in [-0.1, -0.05) is 71.4 Å². The zero-order valence-electron chi connectivity index (χ0n) is 50.6. The van der Waals surface area contributed by atoms with E-state index in [0.717, 1.165) is 27.8 Å². The minimum atomic E-state index is -0.333. The van der Waals surface area contributed by atoms with E-state index in [1.165, 1.54) is 0 Å². The van der Waals surface area contributed by atoms with Gasteiger partial charge in [0.1, 0.15) is 18.1 Å². The molecule has 21 nitrogen and oxygen atoms in total. The zero-order valence-corrected chi connectivity index (χ0v) is 50.6. The molecule has 0 aliphatic heterocycles. The van der Waals surface area contributed by atoms with Gasteiger partial charge in [0.25, 0.3) is 0 Å². The van der Waals surface area contributed by atoms with E-state index in [-0.39, 0.29) is 47.9 Å². The molecule has 2 rings (SSSR count). The van der Waals surface area contributed by atoms with Gasteiger partial charge in [-0.2, -0.15) is 0 Å². The van der Waals surface area contributed by atoms with Crippen LogP contribution in [0.2, 0.25) is 0 Å². The second kappa shape index (κ2) is 49.1. The molecule has 21 heteroatoms. The third-order valence-electron chi connectivity index (χ3n) is 11.7. The maximum absolute atomic E-state index is 12.6. The molecular weight excluding hydrogens is 1060 g/mol. The van der Waals surface area contributed by atoms with Crippen LogP contribution in [0.1, 0.15) is 81.3 Å². The first-order chi connectivity index (χ1) is 39.2. The van der Waals surface area contributed by atoms with Gasteiger partial charge < -0.3 is 95.5 Å². The number of ether oxygens (including phenoxy) is 18. The monoisotopic (exact) mass is 1160 g/mol. The van der Waals surface area contributed by atoms with Gasteiger partial charge in [-0.25, -0.2) is 0 Å². The van der Waals surface area contributed by atoms with Crippen LogP contribution in [0, 0.1) is 6.92 Å². The molecule has 0 atom stereocenters. The van der Waals surface area contributed by atoms with E-state index in [9.17, 15) is 15.0 Å². The van der Waals surface area contributed by atoms with E-state index in [0.29, 0.717) is 230 Å². The van der Waals surface area contributed by atoms with Crippen LogP contribution < -0.4 is 0 Å². The smallest absolute Gasteiger partial charge is 0.306 e. The standard InChI is InChI=1S/C60H104O21/c1-50-45-52(57(62)54(46-50)59(2,3)4)49-53-47-51(48-55(58(53)63)60(5,6)7)9-10-56(61)81-44-43-80-42-41-79-40-39-78-38-37-77-36-35-76-34-33-75-32-31-74-30-29-73-28-27-72-26-25-71-24-23-70-22-21-69-20-19-68-18-17-67-16-15-66-14-13-65-12-11-64-8/h45-48,62-63H,9-44,49H2,1-8H3. The van der Waals surface area contributed by atoms with Crippen molar-refractivity contribution in [3.63, 3.8) is 0 Å². The minimum Gasteiger partial charge on any atom is -0.507 e. The Hall–Kier alpha value is -3.17. The number of carbonyl (C=O) groups is 1. The lowest BCUT2D eigenvalue weighted by Crippen LogP contribution is -2.16. The van der Waals surface area contributed by atoms with E-state index in [1.54, 1.807) is 7.11 Å². The number of aromatic hydroxyl groups is 2. The molecule has 0 amide bonds. The number of esters is 1. The van der Waals surface area contributed by atoms with E-state index >= 15 is 0 Å². The van der Waals surface area contributed by atoms with Gasteiger partial charge in [-0.15, -0.1) is 0 Å². The largest absolute Gasteiger partial charge is 0.507 e. The van der Waals surface area contributed by atoms with Crippen molar-refractivity contribution in [3.05, 3.63) is 57.6 Å². The molecule has 2 N–H and O–H groups in total. The summed E-state index contributed by atoms with van der Waals surface area (Å²) in [6, 6.07) is 7.87. The maximum atomic E-state index is 12.6. The van der Waals surface area contributed by atoms with Gasteiger partial charge >= 0.3 is 5.97 Å². The lowest BCUT2D eigenvalue weighted by atomic mass is 9.81. The Morgan fingerprint density at radius 3 is 0.877 bits per heavy atom. The molecule has 0 unspecified atom stereocenters. The number of benzene rings is 2. The molecule has 470 valence electrons. The predicted molar refractivity (Wildman–Crippen MR) is 305 cm³/mol. The molecule has 0 aliphatic carbocycles. The molecule has 0 heterocycles. The quantitative estimate of drug-likeness (QED) is 0.0574. The van der Waals surface area contributed by atoms with Gasteiger partial charge in [0.15, 0.2) is 0 Å². The van der Waals surface area contributed by atoms with Crippen LogP contribution in [-0.4, -0.2) is 248 Å². The van der Waals surface area contributed by atoms with Crippen LogP contribution in [0.15, 0.2) is 24.3 Å². The number of carbonyl (C=O) groups excluding carboxylic acids is 1. The van der Waals surface area contributed by atoms with Gasteiger partial charge in [0, 0.05) is 20.0 Å². The Kier molecular flexibility index (Phi) is 44.8. The molecule has 0 aliphatic rings. The van der Waals surface area contributed by atoms with Gasteiger partial charge in [0.05, 0.1) is 218 Å². The van der Waals surface area contributed by atoms with Crippen LogP contribution in [0.3, 0.4) is 0 Å². The molecule has 0 saturated carbocycles. The summed E-state index contributed by atoms with van der Waals surface area (Å²) in [5, 5.41) is 22.6. The summed E-state index contributed by atoms with van der Waals surface area (Å²) in [7, 11) is 1.64. The van der Waals surface area contributed by atoms with Gasteiger partial charge in [-0.05, 0) is 52.0 Å². The highest BCUT2D eigenvalue weighted by Gasteiger charge is 2.25. The van der Waals surface area contributed by atoms with Crippen LogP contribution in [0.25, 0.3) is 0 Å². The summed E-state index contributed by atoms with van der Waals surface area (Å²) < 4.78 is 98.4. The van der Waals surface area contributed by atoms with Crippen molar-refractivity contribution in [2.24, 2.45) is 0 Å². The topological polar surface area (TPSA) is 224 Å². The average Bonchev–Trinajstić information content (AvgIpc) is 3.51. The summed E-state index contributed by atoms with van der Waals surface area (Å²) in [4.78, 5) is 12.6. The van der Waals surface area contributed by atoms with Gasteiger partial charge in [-0.3, -0.25) is 4.79 Å². The molecule has 2 aromatic carbocycles. The fraction of sp³-hybridized carbons (Fsp3) is 0.783. The summed E-state index contributed by atoms with van der Waals surface area (Å²) in [6.07, 6.45) is 0.998. The summed E-state index contributed by atoms with van der Waals surface area (Å²) in [6.45, 7) is 30.2. The summed E-state index contributed by atoms with van der Waals surface area (Å²) in [5.74, 6) is 0.140. The molecule has 0 bridgehead atoms. The van der Waals surface area contributed by atoms with Gasteiger partial charge in [0.2, 0.25) is 0 Å². The van der Waals surface area contributed by atoms with Crippen LogP contribution in [0.4, 0.5) is 0 Å². The number of aryl methyl sites for hydroxylation is 2. The van der Waals surface area contributed by atoms with Crippen LogP contribution in [0.5, 0.6) is 11.5 Å². The molecule has 0 saturated heterocycles. The third-order valence-corrected chi connectivity index (χ3v) is 11.7. The predicted octanol–water partition coefficient (Wildman–Crippen LogP) is 5.98. The fourth-order valence-corrected chi connectivity index (χ4v) is 7.45. The lowest BCUT2D eigenvalue weighted by molar-refractivity contribution is -0.145. The SMILES string of the molecule is COCCOCCOCCOCCOCCOCCOCCOCCOCCOCCOCCOCCOCCOCCOCCOCCOCCOC(=O)CCc1cc(Cc2cc(C)cc(C(C)(C)C)c2O)c(O)c(C(C)(C)C)c1. The van der Waals surface area contributed by atoms with Crippen molar-refractivity contribution < 1.29 is 100 Å². The van der Waals surface area contributed by atoms with E-state index < -0.39 is 0 Å². The number of hydrogen-bond donors (Lipinski definition) is 2. The number of phenols is 2. The zero-order chi connectivity index (χ0) is 58.9. The van der Waals surface area contributed by atoms with E-state index in [2.05, 4.69) is 20.8 Å². The normalized spacial score (nSPS) is 12.0. The second-order valence-electron chi connectivity index (χ2n) is 20.7. The first-order valence-corrected chi connectivity index (χ1v) is 28.8. The first kappa shape index (κ1) is 73.9. The average molecular weight is 1160 g/mol. The summed E-state index contributed by atoms with van der Waals surface area (Å²) >= 11 is 0. The van der Waals surface area contributed by atoms with Crippen molar-refractivity contribution in [1.82, 2.24) is 0 Å². The van der Waals surface area contributed by atoms with Crippen molar-refractivity contribution in [2.75, 3.05) is 232 Å². The Labute approximate surface area is 484 Å². The highest BCUT2D eigenvalue weighted by molar-refractivity contribution is 5.69. The van der Waals surface area contributed by atoms with Crippen molar-refractivity contribution in [1.29, 1.82) is 0 Å². The van der Waals surface area contributed by atoms with E-state index in [4.69, 9.17) is 85.3 Å². The second-order valence-corrected chi connectivity index (χ2v) is 20.7. The molecule has 81 heavy (non-hydrogen) atoms. The molecule has 2 aromatic rings. The number of hydrogen-bond acceptors (Lipinski definition) is 21. The summed E-state index contributed by atoms with van der Waals surface area (Å²) in [5.41, 5.74) is 4.53. The highest BCUT2D eigenvalue weighted by Crippen LogP contribution is 2.39. The number of phenolic OH excluding ortho intramolecular Hbond substituents is 2. The lowest BCUT2D eigenvalue weighted by Gasteiger charge is -2.25. The Bertz CT molecular complexity index is 1810. The Morgan fingerprint density at radius 2 is 0.605 bits per heavy atom. The Balaban J connectivity index is 1.26. The maximum Gasteiger partial charge on any atom is 0.306 e. The molecule has 0 spiro atoms. The first-order valence-electron chi connectivity index (χ1n) is 28.8. The number of methoxy groups -OCH3 is 1. The van der Waals surface area contributed by atoms with Crippen LogP contribution >= 0.6 is 0 Å². The fourth-order valence-electron chi connectivity index (χ4n) is 7.45. The number of rotatable bonds is 56. The van der Waals surface area contributed by atoms with E-state index in [1.807, 2.05) is 52.0 Å². The minimum absolute atomic E-state index is 0.143. The van der Waals surface area contributed by atoms with Crippen molar-refractivity contribution in [2.45, 2.75) is 78.6 Å². The van der Waals surface area contributed by atoms with Crippen molar-refractivity contribution >= 4 is 5.97 Å². The Morgan fingerprint density at radius 1 is 0.358 bits per heavy atom. The third kappa shape index (κ3) is 40.7. The highest BCUT2D eigenvalue weighted by atomic mass is 16.6.